The fourth-order valence-electron chi connectivity index (χ4n) is 5.12. The van der Waals surface area contributed by atoms with Gasteiger partial charge in [-0.05, 0) is 80.6 Å². The van der Waals surface area contributed by atoms with Crippen LogP contribution < -0.4 is 25.0 Å². The number of methoxy groups -OCH3 is 1. The minimum atomic E-state index is -2.95. The fraction of sp³-hybridized carbons (Fsp3) is 0.406. The number of hydrogen-bond donors (Lipinski definition) is 6. The van der Waals surface area contributed by atoms with Gasteiger partial charge in [0.2, 0.25) is 0 Å². The number of hydrogen-bond acceptors (Lipinski definition) is 8. The highest BCUT2D eigenvalue weighted by molar-refractivity contribution is 8.25. The number of aliphatic hydroxyl groups is 1. The van der Waals surface area contributed by atoms with Crippen molar-refractivity contribution in [3.8, 4) is 5.75 Å². The molecule has 2 atom stereocenters. The van der Waals surface area contributed by atoms with E-state index in [4.69, 9.17) is 4.74 Å². The molecule has 43 heavy (non-hydrogen) atoms. The van der Waals surface area contributed by atoms with Gasteiger partial charge in [-0.3, -0.25) is 18.2 Å². The third kappa shape index (κ3) is 10.0. The Balaban J connectivity index is 0.00000506. The summed E-state index contributed by atoms with van der Waals surface area (Å²) in [5.41, 5.74) is 3.87. The van der Waals surface area contributed by atoms with Crippen molar-refractivity contribution in [2.24, 2.45) is 0 Å². The lowest BCUT2D eigenvalue weighted by atomic mass is 10.00. The largest absolute Gasteiger partial charge is 0.497 e. The van der Waals surface area contributed by atoms with Crippen molar-refractivity contribution >= 4 is 40.5 Å². The predicted octanol–water partition coefficient (Wildman–Crippen LogP) is 5.35. The van der Waals surface area contributed by atoms with Gasteiger partial charge in [0.1, 0.15) is 5.75 Å². The SMILES string of the molecule is CCNc1cc(C(=O)N[C@@H](Cc2ccccc2)[C@@H](O)CNCCc2ccc(OC)cc2)cc(N2CCCCS2(O)O)c1.Cl. The molecule has 1 saturated heterocycles. The standard InChI is InChI=1S/C32H44N4O5S.ClH/c1-3-34-27-20-26(21-28(22-27)36-17-7-8-18-42(36,39)40)32(38)35-30(19-25-9-5-4-6-10-25)31(37)23-33-16-15-24-11-13-29(41-2)14-12-24;/h4-6,9-14,20-22,30-31,33-34,37,39-40H,3,7-8,15-19,23H2,1-2H3,(H,35,38);1H/t30-,31-;/m0./s1. The molecule has 9 nitrogen and oxygen atoms in total. The Morgan fingerprint density at radius 3 is 2.44 bits per heavy atom. The average Bonchev–Trinajstić information content (AvgIpc) is 2.99. The summed E-state index contributed by atoms with van der Waals surface area (Å²) in [4.78, 5) is 13.7. The zero-order chi connectivity index (χ0) is 30.0. The maximum atomic E-state index is 13.7. The molecule has 4 rings (SSSR count). The van der Waals surface area contributed by atoms with Crippen molar-refractivity contribution in [2.45, 2.75) is 44.8 Å². The Bertz CT molecular complexity index is 1280. The number of rotatable bonds is 14. The molecule has 3 aromatic rings. The number of carbonyl (C=O) groups excluding carboxylic acids is 1. The summed E-state index contributed by atoms with van der Waals surface area (Å²) >= 11 is 0. The van der Waals surface area contributed by atoms with Crippen molar-refractivity contribution in [2.75, 3.05) is 48.7 Å². The van der Waals surface area contributed by atoms with E-state index in [9.17, 15) is 19.0 Å². The normalized spacial score (nSPS) is 16.3. The van der Waals surface area contributed by atoms with Crippen LogP contribution in [-0.4, -0.2) is 71.3 Å². The molecule has 1 aliphatic rings. The van der Waals surface area contributed by atoms with E-state index in [1.807, 2.05) is 67.6 Å². The van der Waals surface area contributed by atoms with E-state index in [0.29, 0.717) is 49.6 Å². The summed E-state index contributed by atoms with van der Waals surface area (Å²) in [5.74, 6) is 0.799. The van der Waals surface area contributed by atoms with Crippen LogP contribution >= 0.6 is 23.2 Å². The molecular weight excluding hydrogens is 588 g/mol. The summed E-state index contributed by atoms with van der Waals surface area (Å²) < 4.78 is 28.3. The molecule has 0 unspecified atom stereocenters. The Morgan fingerprint density at radius 1 is 1.02 bits per heavy atom. The van der Waals surface area contributed by atoms with Crippen LogP contribution in [0.1, 0.15) is 41.3 Å². The van der Waals surface area contributed by atoms with Crippen LogP contribution in [0.15, 0.2) is 72.8 Å². The van der Waals surface area contributed by atoms with E-state index in [2.05, 4.69) is 16.0 Å². The van der Waals surface area contributed by atoms with E-state index >= 15 is 0 Å². The Hall–Kier alpha value is -2.99. The van der Waals surface area contributed by atoms with Crippen LogP contribution in [0.2, 0.25) is 0 Å². The third-order valence-corrected chi connectivity index (χ3v) is 9.35. The minimum absolute atomic E-state index is 0. The Morgan fingerprint density at radius 2 is 1.77 bits per heavy atom. The first-order valence-electron chi connectivity index (χ1n) is 14.6. The second-order valence-electron chi connectivity index (χ2n) is 10.6. The van der Waals surface area contributed by atoms with Crippen LogP contribution in [0.3, 0.4) is 0 Å². The van der Waals surface area contributed by atoms with Crippen LogP contribution in [-0.2, 0) is 12.8 Å². The lowest BCUT2D eigenvalue weighted by Crippen LogP contribution is -2.49. The van der Waals surface area contributed by atoms with Gasteiger partial charge < -0.3 is 25.8 Å². The molecule has 0 aromatic heterocycles. The molecule has 0 saturated carbocycles. The summed E-state index contributed by atoms with van der Waals surface area (Å²) in [6, 6.07) is 22.5. The molecule has 1 amide bonds. The predicted molar refractivity (Wildman–Crippen MR) is 179 cm³/mol. The van der Waals surface area contributed by atoms with Crippen LogP contribution in [0.5, 0.6) is 5.75 Å². The molecule has 11 heteroatoms. The van der Waals surface area contributed by atoms with Gasteiger partial charge in [-0.1, -0.05) is 42.5 Å². The summed E-state index contributed by atoms with van der Waals surface area (Å²) in [6.07, 6.45) is 2.02. The number of nitrogens with zero attached hydrogens (tertiary/aromatic N) is 1. The molecule has 1 heterocycles. The highest BCUT2D eigenvalue weighted by Crippen LogP contribution is 2.50. The first-order valence-corrected chi connectivity index (χ1v) is 16.3. The molecule has 3 aromatic carbocycles. The highest BCUT2D eigenvalue weighted by Gasteiger charge is 2.28. The van der Waals surface area contributed by atoms with Gasteiger partial charge in [-0.15, -0.1) is 23.2 Å². The molecule has 236 valence electrons. The minimum Gasteiger partial charge on any atom is -0.497 e. The van der Waals surface area contributed by atoms with E-state index in [-0.39, 0.29) is 18.3 Å². The summed E-state index contributed by atoms with van der Waals surface area (Å²) in [6.45, 7) is 4.11. The zero-order valence-electron chi connectivity index (χ0n) is 24.9. The lowest BCUT2D eigenvalue weighted by molar-refractivity contribution is 0.0831. The topological polar surface area (TPSA) is 126 Å². The molecule has 1 fully saturated rings. The molecule has 1 aliphatic heterocycles. The summed E-state index contributed by atoms with van der Waals surface area (Å²) in [5, 5.41) is 20.9. The molecule has 6 N–H and O–H groups in total. The maximum absolute atomic E-state index is 13.7. The van der Waals surface area contributed by atoms with Gasteiger partial charge >= 0.3 is 0 Å². The molecule has 0 radical (unpaired) electrons. The Labute approximate surface area is 262 Å². The zero-order valence-corrected chi connectivity index (χ0v) is 26.5. The van der Waals surface area contributed by atoms with E-state index in [1.54, 1.807) is 23.5 Å². The van der Waals surface area contributed by atoms with Crippen molar-refractivity contribution in [3.05, 3.63) is 89.5 Å². The van der Waals surface area contributed by atoms with Crippen molar-refractivity contribution in [1.29, 1.82) is 0 Å². The van der Waals surface area contributed by atoms with Gasteiger partial charge in [0, 0.05) is 30.9 Å². The highest BCUT2D eigenvalue weighted by atomic mass is 35.5. The van der Waals surface area contributed by atoms with Crippen LogP contribution in [0.4, 0.5) is 11.4 Å². The molecule has 0 aliphatic carbocycles. The van der Waals surface area contributed by atoms with Crippen molar-refractivity contribution < 1.29 is 23.7 Å². The number of nitrogens with one attached hydrogen (secondary N) is 3. The van der Waals surface area contributed by atoms with Gasteiger partial charge in [0.15, 0.2) is 0 Å². The van der Waals surface area contributed by atoms with Crippen molar-refractivity contribution in [1.82, 2.24) is 10.6 Å². The molecule has 0 spiro atoms. The number of carbonyl (C=O) groups is 1. The molecule has 0 bridgehead atoms. The van der Waals surface area contributed by atoms with Gasteiger partial charge in [0.05, 0.1) is 30.7 Å². The van der Waals surface area contributed by atoms with E-state index < -0.39 is 22.9 Å². The number of aliphatic hydroxyl groups excluding tert-OH is 1. The average molecular weight is 633 g/mol. The second kappa shape index (κ2) is 16.7. The second-order valence-corrected chi connectivity index (χ2v) is 12.7. The van der Waals surface area contributed by atoms with Crippen LogP contribution in [0, 0.1) is 0 Å². The number of ether oxygens (including phenoxy) is 1. The third-order valence-electron chi connectivity index (χ3n) is 7.41. The van der Waals surface area contributed by atoms with E-state index in [1.165, 1.54) is 0 Å². The van der Waals surface area contributed by atoms with E-state index in [0.717, 1.165) is 41.8 Å². The monoisotopic (exact) mass is 632 g/mol. The Kier molecular flexibility index (Phi) is 13.4. The fourth-order valence-corrected chi connectivity index (χ4v) is 6.79. The number of anilines is 2. The molecular formula is C32H45ClN4O5S. The lowest BCUT2D eigenvalue weighted by Gasteiger charge is -2.47. The maximum Gasteiger partial charge on any atom is 0.251 e. The number of amides is 1. The summed E-state index contributed by atoms with van der Waals surface area (Å²) in [7, 11) is -1.30. The quantitative estimate of drug-likeness (QED) is 0.131. The van der Waals surface area contributed by atoms with Crippen LogP contribution in [0.25, 0.3) is 0 Å². The van der Waals surface area contributed by atoms with Crippen molar-refractivity contribution in [3.63, 3.8) is 0 Å². The first-order chi connectivity index (χ1) is 20.3. The first kappa shape index (κ1) is 34.5. The smallest absolute Gasteiger partial charge is 0.251 e. The van der Waals surface area contributed by atoms with Gasteiger partial charge in [-0.2, -0.15) is 0 Å². The number of benzene rings is 3. The van der Waals surface area contributed by atoms with Gasteiger partial charge in [-0.25, -0.2) is 0 Å². The number of halogens is 1. The van der Waals surface area contributed by atoms with Gasteiger partial charge in [0.25, 0.3) is 5.91 Å².